The summed E-state index contributed by atoms with van der Waals surface area (Å²) in [5.74, 6) is 0.641. The molecule has 0 radical (unpaired) electrons. The molecule has 0 aromatic rings. The smallest absolute Gasteiger partial charge is 0.234 e. The van der Waals surface area contributed by atoms with Crippen molar-refractivity contribution in [2.24, 2.45) is 5.92 Å². The maximum atomic E-state index is 12.0. The fraction of sp³-hybridized carbons (Fsp3) is 0.867. The van der Waals surface area contributed by atoms with E-state index in [0.717, 1.165) is 19.6 Å². The molecule has 0 aromatic heterocycles. The molecule has 0 saturated carbocycles. The van der Waals surface area contributed by atoms with Gasteiger partial charge in [-0.3, -0.25) is 14.5 Å². The van der Waals surface area contributed by atoms with Crippen molar-refractivity contribution in [1.29, 1.82) is 0 Å². The summed E-state index contributed by atoms with van der Waals surface area (Å²) in [5.41, 5.74) is 0. The number of amides is 2. The highest BCUT2D eigenvalue weighted by Gasteiger charge is 2.20. The molecule has 1 aliphatic rings. The number of carbonyl (C=O) groups is 2. The quantitative estimate of drug-likeness (QED) is 0.549. The molecule has 1 rings (SSSR count). The molecular weight excluding hydrogens is 268 g/mol. The van der Waals surface area contributed by atoms with E-state index >= 15 is 0 Å². The third-order valence-corrected chi connectivity index (χ3v) is 3.85. The molecule has 122 valence electrons. The monoisotopic (exact) mass is 298 g/mol. The van der Waals surface area contributed by atoms with E-state index in [9.17, 15) is 9.59 Å². The van der Waals surface area contributed by atoms with Crippen molar-refractivity contribution in [1.82, 2.24) is 20.9 Å². The van der Waals surface area contributed by atoms with Crippen molar-refractivity contribution in [2.75, 3.05) is 39.3 Å². The van der Waals surface area contributed by atoms with Gasteiger partial charge in [-0.2, -0.15) is 0 Å². The number of nitrogens with zero attached hydrogens (tertiary/aromatic N) is 1. The Labute approximate surface area is 128 Å². The largest absolute Gasteiger partial charge is 0.355 e. The summed E-state index contributed by atoms with van der Waals surface area (Å²) in [5, 5.41) is 8.89. The number of hydrogen-bond donors (Lipinski definition) is 3. The van der Waals surface area contributed by atoms with Crippen LogP contribution in [0.3, 0.4) is 0 Å². The van der Waals surface area contributed by atoms with Crippen LogP contribution in [0, 0.1) is 5.92 Å². The first-order chi connectivity index (χ1) is 9.99. The van der Waals surface area contributed by atoms with Gasteiger partial charge in [0.05, 0.1) is 6.54 Å². The second kappa shape index (κ2) is 9.73. The van der Waals surface area contributed by atoms with Gasteiger partial charge in [-0.15, -0.1) is 0 Å². The van der Waals surface area contributed by atoms with Gasteiger partial charge in [-0.1, -0.05) is 0 Å². The van der Waals surface area contributed by atoms with E-state index < -0.39 is 0 Å². The maximum Gasteiger partial charge on any atom is 0.234 e. The van der Waals surface area contributed by atoms with Crippen LogP contribution in [-0.4, -0.2) is 62.0 Å². The average molecular weight is 298 g/mol. The van der Waals surface area contributed by atoms with Crippen molar-refractivity contribution in [3.8, 4) is 0 Å². The molecule has 6 heteroatoms. The number of rotatable bonds is 8. The minimum atomic E-state index is -0.0704. The number of nitrogens with one attached hydrogen (secondary N) is 3. The molecule has 0 unspecified atom stereocenters. The van der Waals surface area contributed by atoms with E-state index in [0.29, 0.717) is 31.6 Å². The first kappa shape index (κ1) is 17.9. The predicted molar refractivity (Wildman–Crippen MR) is 84.0 cm³/mol. The molecule has 0 bridgehead atoms. The molecular formula is C15H30N4O2. The van der Waals surface area contributed by atoms with Crippen molar-refractivity contribution in [3.05, 3.63) is 0 Å². The Morgan fingerprint density at radius 2 is 1.81 bits per heavy atom. The lowest BCUT2D eigenvalue weighted by Gasteiger charge is -2.32. The summed E-state index contributed by atoms with van der Waals surface area (Å²) in [7, 11) is 0. The zero-order chi connectivity index (χ0) is 15.7. The van der Waals surface area contributed by atoms with E-state index in [4.69, 9.17) is 0 Å². The summed E-state index contributed by atoms with van der Waals surface area (Å²) >= 11 is 0. The number of piperidine rings is 1. The molecule has 3 N–H and O–H groups in total. The van der Waals surface area contributed by atoms with Gasteiger partial charge < -0.3 is 16.0 Å². The summed E-state index contributed by atoms with van der Waals surface area (Å²) in [6.45, 7) is 10.3. The van der Waals surface area contributed by atoms with Crippen LogP contribution in [0.25, 0.3) is 0 Å². The Kier molecular flexibility index (Phi) is 8.30. The summed E-state index contributed by atoms with van der Waals surface area (Å²) in [6, 6.07) is 0.362. The first-order valence-electron chi connectivity index (χ1n) is 7.95. The third-order valence-electron chi connectivity index (χ3n) is 3.85. The average Bonchev–Trinajstić information content (AvgIpc) is 2.44. The van der Waals surface area contributed by atoms with Crippen LogP contribution in [0.2, 0.25) is 0 Å². The molecule has 2 amide bonds. The lowest BCUT2D eigenvalue weighted by atomic mass is 9.97. The molecule has 1 saturated heterocycles. The standard InChI is InChI=1S/C15H30N4O2/c1-12(2)19(10-14-4-6-16-7-5-14)11-15(21)18-9-8-17-13(3)20/h12,14,16H,4-11H2,1-3H3,(H,17,20)(H,18,21). The Morgan fingerprint density at radius 1 is 1.19 bits per heavy atom. The van der Waals surface area contributed by atoms with Crippen LogP contribution in [-0.2, 0) is 9.59 Å². The maximum absolute atomic E-state index is 12.0. The fourth-order valence-corrected chi connectivity index (χ4v) is 2.53. The minimum Gasteiger partial charge on any atom is -0.355 e. The van der Waals surface area contributed by atoms with Crippen LogP contribution in [0.4, 0.5) is 0 Å². The van der Waals surface area contributed by atoms with E-state index in [1.54, 1.807) is 0 Å². The van der Waals surface area contributed by atoms with Crippen molar-refractivity contribution >= 4 is 11.8 Å². The van der Waals surface area contributed by atoms with Crippen molar-refractivity contribution in [2.45, 2.75) is 39.7 Å². The van der Waals surface area contributed by atoms with Crippen LogP contribution in [0.1, 0.15) is 33.6 Å². The summed E-state index contributed by atoms with van der Waals surface area (Å²) in [4.78, 5) is 24.9. The van der Waals surface area contributed by atoms with Gasteiger partial charge in [0.15, 0.2) is 0 Å². The van der Waals surface area contributed by atoms with E-state index in [-0.39, 0.29) is 11.8 Å². The molecule has 1 fully saturated rings. The normalized spacial score (nSPS) is 16.2. The topological polar surface area (TPSA) is 73.5 Å². The third kappa shape index (κ3) is 8.02. The molecule has 0 aliphatic carbocycles. The Morgan fingerprint density at radius 3 is 2.38 bits per heavy atom. The van der Waals surface area contributed by atoms with Crippen LogP contribution in [0.5, 0.6) is 0 Å². The van der Waals surface area contributed by atoms with Crippen molar-refractivity contribution < 1.29 is 9.59 Å². The zero-order valence-electron chi connectivity index (χ0n) is 13.6. The number of carbonyl (C=O) groups excluding carboxylic acids is 2. The van der Waals surface area contributed by atoms with E-state index in [2.05, 4.69) is 34.7 Å². The lowest BCUT2D eigenvalue weighted by Crippen LogP contribution is -2.45. The van der Waals surface area contributed by atoms with Gasteiger partial charge in [-0.25, -0.2) is 0 Å². The molecule has 6 nitrogen and oxygen atoms in total. The molecule has 21 heavy (non-hydrogen) atoms. The summed E-state index contributed by atoms with van der Waals surface area (Å²) < 4.78 is 0. The van der Waals surface area contributed by atoms with E-state index in [1.807, 2.05) is 0 Å². The highest BCUT2D eigenvalue weighted by atomic mass is 16.2. The zero-order valence-corrected chi connectivity index (χ0v) is 13.6. The van der Waals surface area contributed by atoms with Gasteiger partial charge in [0.1, 0.15) is 0 Å². The van der Waals surface area contributed by atoms with Gasteiger partial charge in [0.2, 0.25) is 11.8 Å². The van der Waals surface area contributed by atoms with E-state index in [1.165, 1.54) is 19.8 Å². The first-order valence-corrected chi connectivity index (χ1v) is 7.95. The van der Waals surface area contributed by atoms with Crippen LogP contribution >= 0.6 is 0 Å². The van der Waals surface area contributed by atoms with Gasteiger partial charge in [0.25, 0.3) is 0 Å². The molecule has 0 atom stereocenters. The molecule has 1 aliphatic heterocycles. The van der Waals surface area contributed by atoms with Crippen molar-refractivity contribution in [3.63, 3.8) is 0 Å². The van der Waals surface area contributed by atoms with Crippen LogP contribution in [0.15, 0.2) is 0 Å². The fourth-order valence-electron chi connectivity index (χ4n) is 2.53. The SMILES string of the molecule is CC(=O)NCCNC(=O)CN(CC1CCNCC1)C(C)C. The Hall–Kier alpha value is -1.14. The van der Waals surface area contributed by atoms with Gasteiger partial charge in [-0.05, 0) is 45.7 Å². The lowest BCUT2D eigenvalue weighted by molar-refractivity contribution is -0.123. The predicted octanol–water partition coefficient (Wildman–Crippen LogP) is -0.0513. The Bertz CT molecular complexity index is 328. The second-order valence-corrected chi connectivity index (χ2v) is 6.05. The molecule has 1 heterocycles. The van der Waals surface area contributed by atoms with Crippen LogP contribution < -0.4 is 16.0 Å². The highest BCUT2D eigenvalue weighted by molar-refractivity contribution is 5.78. The minimum absolute atomic E-state index is 0.0305. The molecule has 0 aromatic carbocycles. The summed E-state index contributed by atoms with van der Waals surface area (Å²) in [6.07, 6.45) is 2.38. The number of hydrogen-bond acceptors (Lipinski definition) is 4. The van der Waals surface area contributed by atoms with Gasteiger partial charge >= 0.3 is 0 Å². The van der Waals surface area contributed by atoms with Gasteiger partial charge in [0, 0.05) is 32.6 Å². The molecule has 0 spiro atoms. The second-order valence-electron chi connectivity index (χ2n) is 6.05. The Balaban J connectivity index is 2.28. The highest BCUT2D eigenvalue weighted by Crippen LogP contribution is 2.14.